The van der Waals surface area contributed by atoms with Gasteiger partial charge in [0, 0.05) is 5.56 Å². The Hall–Kier alpha value is -2.86. The number of aromatic hydroxyl groups is 1. The number of aryl methyl sites for hydroxylation is 1. The molecule has 1 heterocycles. The number of thiazole rings is 1. The van der Waals surface area contributed by atoms with Gasteiger partial charge in [0.05, 0.1) is 18.0 Å². The summed E-state index contributed by atoms with van der Waals surface area (Å²) < 4.78 is 5.44. The summed E-state index contributed by atoms with van der Waals surface area (Å²) in [6, 6.07) is 14.3. The fraction of sp³-hybridized carbons (Fsp3) is 0.158. The average Bonchev–Trinajstić information content (AvgIpc) is 3.00. The molecule has 0 aliphatic rings. The van der Waals surface area contributed by atoms with Crippen LogP contribution in [0.2, 0.25) is 0 Å². The van der Waals surface area contributed by atoms with Crippen molar-refractivity contribution in [3.63, 3.8) is 0 Å². The number of amides is 1. The summed E-state index contributed by atoms with van der Waals surface area (Å²) >= 11 is 1.32. The van der Waals surface area contributed by atoms with E-state index in [9.17, 15) is 9.90 Å². The Kier molecular flexibility index (Phi) is 5.00. The van der Waals surface area contributed by atoms with Crippen molar-refractivity contribution in [1.82, 2.24) is 4.98 Å². The van der Waals surface area contributed by atoms with E-state index in [2.05, 4.69) is 10.3 Å². The van der Waals surface area contributed by atoms with Crippen LogP contribution in [-0.4, -0.2) is 22.6 Å². The highest BCUT2D eigenvalue weighted by Gasteiger charge is 2.17. The summed E-state index contributed by atoms with van der Waals surface area (Å²) in [5, 5.41) is 13.3. The molecule has 0 saturated carbocycles. The van der Waals surface area contributed by atoms with Crippen molar-refractivity contribution in [2.24, 2.45) is 0 Å². The molecular weight excluding hydrogens is 336 g/mol. The molecule has 128 valence electrons. The van der Waals surface area contributed by atoms with Crippen molar-refractivity contribution in [2.45, 2.75) is 13.8 Å². The SMILES string of the molecule is CCOc1ccc(-c2nc(C)c(C(=O)Nc3ccccc3O)s2)cc1. The highest BCUT2D eigenvalue weighted by atomic mass is 32.1. The molecule has 25 heavy (non-hydrogen) atoms. The van der Waals surface area contributed by atoms with Crippen molar-refractivity contribution < 1.29 is 14.6 Å². The van der Waals surface area contributed by atoms with Gasteiger partial charge in [-0.1, -0.05) is 12.1 Å². The van der Waals surface area contributed by atoms with Crippen molar-refractivity contribution in [2.75, 3.05) is 11.9 Å². The minimum atomic E-state index is -0.284. The van der Waals surface area contributed by atoms with Crippen LogP contribution >= 0.6 is 11.3 Å². The molecule has 3 aromatic rings. The molecular formula is C19H18N2O3S. The second-order valence-electron chi connectivity index (χ2n) is 5.36. The Morgan fingerprint density at radius 2 is 1.92 bits per heavy atom. The van der Waals surface area contributed by atoms with Crippen LogP contribution in [0.25, 0.3) is 10.6 Å². The van der Waals surface area contributed by atoms with Crippen LogP contribution in [0.4, 0.5) is 5.69 Å². The van der Waals surface area contributed by atoms with E-state index in [1.54, 1.807) is 25.1 Å². The van der Waals surface area contributed by atoms with Gasteiger partial charge in [0.25, 0.3) is 5.91 Å². The van der Waals surface area contributed by atoms with Crippen LogP contribution in [0.5, 0.6) is 11.5 Å². The number of nitrogens with zero attached hydrogens (tertiary/aromatic N) is 1. The van der Waals surface area contributed by atoms with Gasteiger partial charge >= 0.3 is 0 Å². The number of carbonyl (C=O) groups is 1. The number of phenolic OH excluding ortho intramolecular Hbond substituents is 1. The molecule has 1 aromatic heterocycles. The third-order valence-corrected chi connectivity index (χ3v) is 4.77. The van der Waals surface area contributed by atoms with Crippen LogP contribution < -0.4 is 10.1 Å². The van der Waals surface area contributed by atoms with Crippen LogP contribution in [0.3, 0.4) is 0 Å². The largest absolute Gasteiger partial charge is 0.506 e. The van der Waals surface area contributed by atoms with Crippen molar-refractivity contribution in [3.05, 3.63) is 59.1 Å². The lowest BCUT2D eigenvalue weighted by Gasteiger charge is -2.05. The third-order valence-electron chi connectivity index (χ3n) is 3.57. The standard InChI is InChI=1S/C19H18N2O3S/c1-3-24-14-10-8-13(9-11-14)19-20-12(2)17(25-19)18(23)21-15-6-4-5-7-16(15)22/h4-11,22H,3H2,1-2H3,(H,21,23). The molecule has 5 nitrogen and oxygen atoms in total. The van der Waals surface area contributed by atoms with Gasteiger partial charge in [-0.2, -0.15) is 0 Å². The molecule has 0 atom stereocenters. The van der Waals surface area contributed by atoms with Gasteiger partial charge in [-0.25, -0.2) is 4.98 Å². The number of para-hydroxylation sites is 2. The normalized spacial score (nSPS) is 10.5. The topological polar surface area (TPSA) is 71.5 Å². The van der Waals surface area contributed by atoms with Gasteiger partial charge in [-0.05, 0) is 50.2 Å². The second-order valence-corrected chi connectivity index (χ2v) is 6.36. The first-order chi connectivity index (χ1) is 12.1. The number of phenols is 1. The first kappa shape index (κ1) is 17.0. The van der Waals surface area contributed by atoms with E-state index in [4.69, 9.17) is 4.74 Å². The maximum atomic E-state index is 12.5. The maximum absolute atomic E-state index is 12.5. The summed E-state index contributed by atoms with van der Waals surface area (Å²) in [4.78, 5) is 17.5. The monoisotopic (exact) mass is 354 g/mol. The maximum Gasteiger partial charge on any atom is 0.267 e. The summed E-state index contributed by atoms with van der Waals surface area (Å²) in [6.45, 7) is 4.36. The predicted molar refractivity (Wildman–Crippen MR) is 99.5 cm³/mol. The molecule has 0 spiro atoms. The highest BCUT2D eigenvalue weighted by molar-refractivity contribution is 7.17. The molecule has 6 heteroatoms. The van der Waals surface area contributed by atoms with Crippen LogP contribution in [0, 0.1) is 6.92 Å². The predicted octanol–water partition coefficient (Wildman–Crippen LogP) is 4.48. The summed E-state index contributed by atoms with van der Waals surface area (Å²) in [6.07, 6.45) is 0. The number of hydrogen-bond donors (Lipinski definition) is 2. The lowest BCUT2D eigenvalue weighted by molar-refractivity contribution is 0.102. The van der Waals surface area contributed by atoms with E-state index in [-0.39, 0.29) is 11.7 Å². The van der Waals surface area contributed by atoms with E-state index in [0.29, 0.717) is 22.9 Å². The Labute approximate surface area is 149 Å². The van der Waals surface area contributed by atoms with Gasteiger partial charge < -0.3 is 15.2 Å². The van der Waals surface area contributed by atoms with Crippen LogP contribution in [-0.2, 0) is 0 Å². The van der Waals surface area contributed by atoms with Gasteiger partial charge in [-0.15, -0.1) is 11.3 Å². The minimum Gasteiger partial charge on any atom is -0.506 e. The van der Waals surface area contributed by atoms with E-state index in [0.717, 1.165) is 16.3 Å². The van der Waals surface area contributed by atoms with E-state index < -0.39 is 0 Å². The smallest absolute Gasteiger partial charge is 0.267 e. The van der Waals surface area contributed by atoms with Gasteiger partial charge in [0.1, 0.15) is 21.4 Å². The molecule has 1 amide bonds. The first-order valence-corrected chi connectivity index (χ1v) is 8.70. The fourth-order valence-electron chi connectivity index (χ4n) is 2.35. The fourth-order valence-corrected chi connectivity index (χ4v) is 3.32. The Balaban J connectivity index is 1.82. The van der Waals surface area contributed by atoms with Gasteiger partial charge in [0.15, 0.2) is 0 Å². The number of nitrogens with one attached hydrogen (secondary N) is 1. The lowest BCUT2D eigenvalue weighted by atomic mass is 10.2. The van der Waals surface area contributed by atoms with Crippen LogP contribution in [0.15, 0.2) is 48.5 Å². The number of anilines is 1. The molecule has 0 unspecified atom stereocenters. The first-order valence-electron chi connectivity index (χ1n) is 7.88. The number of benzene rings is 2. The highest BCUT2D eigenvalue weighted by Crippen LogP contribution is 2.30. The zero-order valence-electron chi connectivity index (χ0n) is 13.9. The number of carbonyl (C=O) groups excluding carboxylic acids is 1. The molecule has 0 bridgehead atoms. The molecule has 2 N–H and O–H groups in total. The van der Waals surface area contributed by atoms with Crippen molar-refractivity contribution in [3.8, 4) is 22.1 Å². The number of aromatic nitrogens is 1. The molecule has 0 saturated heterocycles. The Morgan fingerprint density at radius 3 is 2.60 bits per heavy atom. The Bertz CT molecular complexity index is 888. The van der Waals surface area contributed by atoms with E-state index >= 15 is 0 Å². The third kappa shape index (κ3) is 3.80. The number of ether oxygens (including phenoxy) is 1. The zero-order chi connectivity index (χ0) is 17.8. The van der Waals surface area contributed by atoms with Crippen molar-refractivity contribution >= 4 is 22.9 Å². The lowest BCUT2D eigenvalue weighted by Crippen LogP contribution is -2.11. The van der Waals surface area contributed by atoms with Crippen molar-refractivity contribution in [1.29, 1.82) is 0 Å². The molecule has 3 rings (SSSR count). The zero-order valence-corrected chi connectivity index (χ0v) is 14.8. The molecule has 0 fully saturated rings. The average molecular weight is 354 g/mol. The minimum absolute atomic E-state index is 0.0322. The number of hydrogen-bond acceptors (Lipinski definition) is 5. The molecule has 0 aliphatic carbocycles. The summed E-state index contributed by atoms with van der Waals surface area (Å²) in [5.74, 6) is 0.551. The van der Waals surface area contributed by atoms with E-state index in [1.807, 2.05) is 31.2 Å². The molecule has 0 aliphatic heterocycles. The quantitative estimate of drug-likeness (QED) is 0.663. The second kappa shape index (κ2) is 7.36. The van der Waals surface area contributed by atoms with Crippen LogP contribution in [0.1, 0.15) is 22.3 Å². The summed E-state index contributed by atoms with van der Waals surface area (Å²) in [7, 11) is 0. The summed E-state index contributed by atoms with van der Waals surface area (Å²) in [5.41, 5.74) is 1.96. The van der Waals surface area contributed by atoms with E-state index in [1.165, 1.54) is 17.4 Å². The molecule has 2 aromatic carbocycles. The Morgan fingerprint density at radius 1 is 1.20 bits per heavy atom. The van der Waals surface area contributed by atoms with Gasteiger partial charge in [-0.3, -0.25) is 4.79 Å². The molecule has 0 radical (unpaired) electrons. The number of rotatable bonds is 5. The van der Waals surface area contributed by atoms with Gasteiger partial charge in [0.2, 0.25) is 0 Å².